The van der Waals surface area contributed by atoms with Crippen molar-refractivity contribution in [2.75, 3.05) is 66.0 Å². The smallest absolute Gasteiger partial charge is 0.450 e. The van der Waals surface area contributed by atoms with Crippen LogP contribution in [0.4, 0.5) is 14.4 Å². The van der Waals surface area contributed by atoms with E-state index < -0.39 is 18.4 Å². The molecule has 3 aliphatic rings. The van der Waals surface area contributed by atoms with Gasteiger partial charge in [-0.15, -0.1) is 0 Å². The molecule has 3 amide bonds. The van der Waals surface area contributed by atoms with Crippen molar-refractivity contribution in [1.29, 1.82) is 0 Å². The summed E-state index contributed by atoms with van der Waals surface area (Å²) in [6, 6.07) is 12.6. The van der Waals surface area contributed by atoms with Crippen LogP contribution in [0, 0.1) is 6.92 Å². The van der Waals surface area contributed by atoms with Crippen molar-refractivity contribution in [3.63, 3.8) is 0 Å². The first-order valence-electron chi connectivity index (χ1n) is 24.5. The van der Waals surface area contributed by atoms with Crippen molar-refractivity contribution in [3.05, 3.63) is 75.7 Å². The summed E-state index contributed by atoms with van der Waals surface area (Å²) in [5, 5.41) is 18.2. The van der Waals surface area contributed by atoms with Gasteiger partial charge in [0.25, 0.3) is 5.56 Å². The van der Waals surface area contributed by atoms with Gasteiger partial charge in [0.15, 0.2) is 13.5 Å². The molecule has 17 nitrogen and oxygen atoms in total. The maximum Gasteiger partial charge on any atom is 0.510 e. The van der Waals surface area contributed by atoms with E-state index >= 15 is 0 Å². The van der Waals surface area contributed by atoms with Crippen LogP contribution in [0.1, 0.15) is 107 Å². The number of ether oxygens (including phenoxy) is 3. The molecule has 5 heterocycles. The molecular weight excluding hydrogens is 857 g/mol. The van der Waals surface area contributed by atoms with Crippen LogP contribution in [-0.4, -0.2) is 141 Å². The maximum atomic E-state index is 14.5. The van der Waals surface area contributed by atoms with Gasteiger partial charge in [-0.05, 0) is 99.8 Å². The second-order valence-corrected chi connectivity index (χ2v) is 18.7. The lowest BCUT2D eigenvalue weighted by atomic mass is 9.89. The number of unbranched alkanes of at least 4 members (excludes halogenated alkanes) is 7. The van der Waals surface area contributed by atoms with E-state index in [9.17, 15) is 24.0 Å². The molecule has 3 aliphatic heterocycles. The molecule has 17 heteroatoms. The summed E-state index contributed by atoms with van der Waals surface area (Å²) in [5.74, 6) is -0.276. The minimum atomic E-state index is -1.40. The molecular formula is C50H70N8O9. The van der Waals surface area contributed by atoms with Gasteiger partial charge < -0.3 is 39.3 Å². The summed E-state index contributed by atoms with van der Waals surface area (Å²) >= 11 is 0. The number of fused-ring (bicyclic) bond motifs is 2. The van der Waals surface area contributed by atoms with E-state index in [0.29, 0.717) is 61.7 Å². The van der Waals surface area contributed by atoms with E-state index in [0.717, 1.165) is 80.2 Å². The Hall–Kier alpha value is -5.68. The second-order valence-electron chi connectivity index (χ2n) is 18.7. The third kappa shape index (κ3) is 13.3. The summed E-state index contributed by atoms with van der Waals surface area (Å²) in [6.45, 7) is 9.46. The van der Waals surface area contributed by atoms with E-state index in [1.807, 2.05) is 54.3 Å². The normalized spacial score (nSPS) is 17.2. The van der Waals surface area contributed by atoms with Gasteiger partial charge >= 0.3 is 18.3 Å². The summed E-state index contributed by atoms with van der Waals surface area (Å²) in [6.07, 6.45) is 12.1. The Morgan fingerprint density at radius 3 is 2.21 bits per heavy atom. The minimum absolute atomic E-state index is 0.134. The van der Waals surface area contributed by atoms with Gasteiger partial charge in [-0.25, -0.2) is 19.1 Å². The predicted octanol–water partition coefficient (Wildman–Crippen LogP) is 7.30. The number of rotatable bonds is 19. The van der Waals surface area contributed by atoms with Crippen molar-refractivity contribution in [1.82, 2.24) is 39.3 Å². The zero-order valence-corrected chi connectivity index (χ0v) is 39.7. The predicted molar refractivity (Wildman–Crippen MR) is 255 cm³/mol. The number of carbonyl (C=O) groups excluding carboxylic acids is 3. The number of benzene rings is 2. The molecule has 2 N–H and O–H groups in total. The summed E-state index contributed by atoms with van der Waals surface area (Å²) in [5.41, 5.74) is 3.38. The Balaban J connectivity index is 0.988. The zero-order chi connectivity index (χ0) is 47.3. The van der Waals surface area contributed by atoms with E-state index in [2.05, 4.69) is 34.2 Å². The average Bonchev–Trinajstić information content (AvgIpc) is 3.76. The number of carbonyl (C=O) groups is 4. The van der Waals surface area contributed by atoms with Crippen LogP contribution in [-0.2, 0) is 38.9 Å². The van der Waals surface area contributed by atoms with Crippen LogP contribution in [0.5, 0.6) is 0 Å². The Bertz CT molecular complexity index is 2360. The van der Waals surface area contributed by atoms with Gasteiger partial charge in [-0.2, -0.15) is 5.10 Å². The zero-order valence-electron chi connectivity index (χ0n) is 39.7. The Kier molecular flexibility index (Phi) is 17.5. The number of hydrogen-bond donors (Lipinski definition) is 2. The van der Waals surface area contributed by atoms with Gasteiger partial charge in [0.2, 0.25) is 5.91 Å². The number of piperazine rings is 1. The van der Waals surface area contributed by atoms with E-state index in [1.54, 1.807) is 11.1 Å². The van der Waals surface area contributed by atoms with Crippen LogP contribution in [0.15, 0.2) is 53.5 Å². The van der Waals surface area contributed by atoms with Crippen molar-refractivity contribution in [2.24, 2.45) is 0 Å². The molecule has 3 saturated heterocycles. The Morgan fingerprint density at radius 1 is 0.791 bits per heavy atom. The topological polar surface area (TPSA) is 181 Å². The summed E-state index contributed by atoms with van der Waals surface area (Å²) in [4.78, 5) is 74.9. The number of likely N-dealkylation sites (tertiary alicyclic amines) is 2. The van der Waals surface area contributed by atoms with E-state index in [4.69, 9.17) is 19.3 Å². The van der Waals surface area contributed by atoms with Crippen LogP contribution in [0.2, 0.25) is 0 Å². The quantitative estimate of drug-likeness (QED) is 0.0709. The molecule has 0 aliphatic carbocycles. The number of nitrogens with one attached hydrogen (secondary N) is 1. The number of pyridine rings is 1. The molecule has 0 saturated carbocycles. The van der Waals surface area contributed by atoms with Crippen molar-refractivity contribution in [3.8, 4) is 0 Å². The van der Waals surface area contributed by atoms with Crippen molar-refractivity contribution >= 4 is 46.1 Å². The molecule has 2 aromatic heterocycles. The fourth-order valence-electron chi connectivity index (χ4n) is 10.0. The highest BCUT2D eigenvalue weighted by Crippen LogP contribution is 2.29. The number of urea groups is 1. The highest BCUT2D eigenvalue weighted by molar-refractivity contribution is 5.88. The van der Waals surface area contributed by atoms with Crippen LogP contribution < -0.4 is 10.9 Å². The second kappa shape index (κ2) is 23.9. The van der Waals surface area contributed by atoms with Crippen molar-refractivity contribution in [2.45, 2.75) is 129 Å². The number of para-hydroxylation sites is 1. The monoisotopic (exact) mass is 927 g/mol. The van der Waals surface area contributed by atoms with Gasteiger partial charge in [0, 0.05) is 68.9 Å². The molecule has 2 aromatic carbocycles. The number of aryl methyl sites for hydroxylation is 1. The minimum Gasteiger partial charge on any atom is -0.450 e. The van der Waals surface area contributed by atoms with Gasteiger partial charge in [0.1, 0.15) is 6.04 Å². The largest absolute Gasteiger partial charge is 0.510 e. The lowest BCUT2D eigenvalue weighted by Gasteiger charge is -2.43. The lowest BCUT2D eigenvalue weighted by molar-refractivity contribution is -0.135. The highest BCUT2D eigenvalue weighted by Gasteiger charge is 2.34. The molecule has 0 bridgehead atoms. The molecule has 67 heavy (non-hydrogen) atoms. The number of aromatic nitrogens is 3. The number of hydrogen-bond acceptors (Lipinski definition) is 11. The Labute approximate surface area is 393 Å². The Morgan fingerprint density at radius 2 is 1.49 bits per heavy atom. The summed E-state index contributed by atoms with van der Waals surface area (Å²) in [7, 11) is 2.16. The number of carboxylic acid groups (broad SMARTS) is 1. The average molecular weight is 927 g/mol. The third-order valence-electron chi connectivity index (χ3n) is 13.9. The molecule has 0 radical (unpaired) electrons. The SMILES string of the molecule is CCCCCCCCCCOC(=O)OCn1c(=O)c(C2CCN(C(=O)NC(Cc3cc(C)c4nn(COC(=O)O)cc4c3)C(=O)N3CCN(C4CCN(C)CC4)CC3)CC2)cc2ccccc21. The molecule has 364 valence electrons. The van der Waals surface area contributed by atoms with E-state index in [1.165, 1.54) is 41.4 Å². The number of nitrogens with zero attached hydrogens (tertiary/aromatic N) is 7. The lowest BCUT2D eigenvalue weighted by Crippen LogP contribution is -2.59. The highest BCUT2D eigenvalue weighted by atomic mass is 16.7. The first-order valence-corrected chi connectivity index (χ1v) is 24.5. The van der Waals surface area contributed by atoms with Crippen LogP contribution in [0.25, 0.3) is 21.8 Å². The van der Waals surface area contributed by atoms with Gasteiger partial charge in [0.05, 0.1) is 17.6 Å². The molecule has 4 aromatic rings. The maximum absolute atomic E-state index is 14.5. The number of piperidine rings is 2. The van der Waals surface area contributed by atoms with E-state index in [-0.39, 0.29) is 49.9 Å². The van der Waals surface area contributed by atoms with Crippen LogP contribution >= 0.6 is 0 Å². The van der Waals surface area contributed by atoms with Gasteiger partial charge in [-0.1, -0.05) is 76.1 Å². The standard InChI is InChI=1S/C50H70N8O9/c1-4-5-6-7-8-9-10-13-28-65-50(64)67-35-58-44-15-12-11-14-39(44)32-42(46(58)59)38-16-22-56(23-17-38)48(61)51-43(47(60)55-26-24-54(25-27-55)41-18-20-53(3)21-19-41)31-37-29-36(2)45-40(30-37)33-57(52-45)34-66-49(62)63/h11-12,14-15,29-30,32-33,38,41,43H,4-10,13,16-28,31,34-35H2,1-3H3,(H,51,61)(H,62,63). The fourth-order valence-corrected chi connectivity index (χ4v) is 10.0. The first-order chi connectivity index (χ1) is 32.5. The van der Waals surface area contributed by atoms with Gasteiger partial charge in [-0.3, -0.25) is 19.1 Å². The molecule has 1 unspecified atom stereocenters. The summed E-state index contributed by atoms with van der Waals surface area (Å²) < 4.78 is 18.5. The molecule has 1 atom stereocenters. The molecule has 7 rings (SSSR count). The number of amides is 3. The molecule has 0 spiro atoms. The first kappa shape index (κ1) is 49.2. The van der Waals surface area contributed by atoms with Crippen LogP contribution in [0.3, 0.4) is 0 Å². The third-order valence-corrected chi connectivity index (χ3v) is 13.9. The fraction of sp³-hybridized carbons (Fsp3) is 0.600. The van der Waals surface area contributed by atoms with Crippen molar-refractivity contribution < 1.29 is 38.5 Å². The molecule has 3 fully saturated rings.